The van der Waals surface area contributed by atoms with E-state index < -0.39 is 0 Å². The Bertz CT molecular complexity index is 382. The molecule has 91 valence electrons. The van der Waals surface area contributed by atoms with Crippen LogP contribution in [0.4, 0.5) is 10.1 Å². The highest BCUT2D eigenvalue weighted by atomic mass is 19.1. The van der Waals surface area contributed by atoms with Crippen molar-refractivity contribution >= 4 is 11.6 Å². The Morgan fingerprint density at radius 2 is 1.88 bits per heavy atom. The van der Waals surface area contributed by atoms with Crippen LogP contribution in [0.15, 0.2) is 24.3 Å². The lowest BCUT2D eigenvalue weighted by atomic mass is 10.1. The van der Waals surface area contributed by atoms with Crippen LogP contribution in [0.5, 0.6) is 0 Å². The van der Waals surface area contributed by atoms with Crippen molar-refractivity contribution < 1.29 is 9.18 Å². The van der Waals surface area contributed by atoms with E-state index in [2.05, 4.69) is 6.92 Å². The van der Waals surface area contributed by atoms with E-state index in [1.165, 1.54) is 12.1 Å². The van der Waals surface area contributed by atoms with Gasteiger partial charge in [-0.3, -0.25) is 4.79 Å². The van der Waals surface area contributed by atoms with Gasteiger partial charge in [-0.2, -0.15) is 0 Å². The molecule has 0 bridgehead atoms. The summed E-state index contributed by atoms with van der Waals surface area (Å²) < 4.78 is 12.8. The normalized spacial score (nSPS) is 16.1. The van der Waals surface area contributed by atoms with E-state index in [1.54, 1.807) is 17.0 Å². The molecule has 1 saturated carbocycles. The second kappa shape index (κ2) is 5.30. The van der Waals surface area contributed by atoms with Crippen molar-refractivity contribution in [3.05, 3.63) is 37.0 Å². The Balaban J connectivity index is 2.14. The van der Waals surface area contributed by atoms with Crippen LogP contribution in [0.3, 0.4) is 0 Å². The zero-order valence-electron chi connectivity index (χ0n) is 9.86. The maximum Gasteiger partial charge on any atom is 0.230 e. The molecule has 0 aromatic heterocycles. The van der Waals surface area contributed by atoms with Crippen LogP contribution in [-0.2, 0) is 4.79 Å². The monoisotopic (exact) mass is 234 g/mol. The molecular formula is C14H17FNO. The average Bonchev–Trinajstić information content (AvgIpc) is 2.86. The van der Waals surface area contributed by atoms with Crippen molar-refractivity contribution in [2.75, 3.05) is 11.4 Å². The summed E-state index contributed by atoms with van der Waals surface area (Å²) in [5.41, 5.74) is 0.735. The van der Waals surface area contributed by atoms with Gasteiger partial charge in [0.1, 0.15) is 5.82 Å². The third-order valence-corrected chi connectivity index (χ3v) is 3.33. The van der Waals surface area contributed by atoms with Crippen molar-refractivity contribution in [1.82, 2.24) is 0 Å². The van der Waals surface area contributed by atoms with Crippen LogP contribution in [0.25, 0.3) is 0 Å². The van der Waals surface area contributed by atoms with Crippen LogP contribution in [0.2, 0.25) is 0 Å². The zero-order valence-corrected chi connectivity index (χ0v) is 9.86. The van der Waals surface area contributed by atoms with Crippen LogP contribution in [0, 0.1) is 18.7 Å². The molecule has 0 saturated heterocycles. The van der Waals surface area contributed by atoms with Gasteiger partial charge in [-0.15, -0.1) is 0 Å². The number of benzene rings is 1. The van der Waals surface area contributed by atoms with Gasteiger partial charge in [0.15, 0.2) is 0 Å². The lowest BCUT2D eigenvalue weighted by Crippen LogP contribution is -2.35. The SMILES string of the molecule is [CH2]CN(C(=O)C1CCCC1)c1ccc(F)cc1. The lowest BCUT2D eigenvalue weighted by Gasteiger charge is -2.24. The van der Waals surface area contributed by atoms with Gasteiger partial charge in [-0.1, -0.05) is 12.8 Å². The number of amides is 1. The molecule has 1 fully saturated rings. The summed E-state index contributed by atoms with van der Waals surface area (Å²) in [5, 5.41) is 0. The summed E-state index contributed by atoms with van der Waals surface area (Å²) in [7, 11) is 0. The Morgan fingerprint density at radius 3 is 2.41 bits per heavy atom. The van der Waals surface area contributed by atoms with E-state index in [0.717, 1.165) is 31.4 Å². The van der Waals surface area contributed by atoms with Crippen LogP contribution in [-0.4, -0.2) is 12.5 Å². The molecule has 1 aliphatic carbocycles. The van der Waals surface area contributed by atoms with Gasteiger partial charge in [-0.25, -0.2) is 4.39 Å². The quantitative estimate of drug-likeness (QED) is 0.786. The Kier molecular flexibility index (Phi) is 3.77. The van der Waals surface area contributed by atoms with E-state index in [9.17, 15) is 9.18 Å². The first kappa shape index (κ1) is 12.1. The largest absolute Gasteiger partial charge is 0.312 e. The number of nitrogens with zero attached hydrogens (tertiary/aromatic N) is 1. The van der Waals surface area contributed by atoms with Crippen LogP contribution >= 0.6 is 0 Å². The van der Waals surface area contributed by atoms with Crippen LogP contribution < -0.4 is 4.90 Å². The molecule has 0 heterocycles. The van der Waals surface area contributed by atoms with E-state index in [0.29, 0.717) is 6.54 Å². The molecule has 1 amide bonds. The molecule has 1 aliphatic rings. The summed E-state index contributed by atoms with van der Waals surface area (Å²) in [6.07, 6.45) is 4.20. The maximum absolute atomic E-state index is 12.8. The Labute approximate surface area is 101 Å². The van der Waals surface area contributed by atoms with Gasteiger partial charge >= 0.3 is 0 Å². The molecule has 1 aromatic carbocycles. The number of hydrogen-bond donors (Lipinski definition) is 0. The van der Waals surface area contributed by atoms with Gasteiger partial charge in [0, 0.05) is 18.2 Å². The van der Waals surface area contributed by atoms with Crippen molar-refractivity contribution in [3.8, 4) is 0 Å². The minimum absolute atomic E-state index is 0.127. The summed E-state index contributed by atoms with van der Waals surface area (Å²) in [6, 6.07) is 6.01. The smallest absolute Gasteiger partial charge is 0.230 e. The predicted molar refractivity (Wildman–Crippen MR) is 66.1 cm³/mol. The molecule has 2 rings (SSSR count). The molecular weight excluding hydrogens is 217 g/mol. The summed E-state index contributed by atoms with van der Waals surface area (Å²) in [6.45, 7) is 4.18. The molecule has 0 atom stereocenters. The first-order chi connectivity index (χ1) is 8.22. The Morgan fingerprint density at radius 1 is 1.29 bits per heavy atom. The highest BCUT2D eigenvalue weighted by molar-refractivity contribution is 5.95. The highest BCUT2D eigenvalue weighted by Gasteiger charge is 2.27. The van der Waals surface area contributed by atoms with Gasteiger partial charge < -0.3 is 4.90 Å². The number of anilines is 1. The van der Waals surface area contributed by atoms with Crippen molar-refractivity contribution in [1.29, 1.82) is 0 Å². The van der Waals surface area contributed by atoms with E-state index >= 15 is 0 Å². The third kappa shape index (κ3) is 2.65. The standard InChI is InChI=1S/C14H17FNO/c1-2-16(13-9-7-12(15)8-10-13)14(17)11-5-3-4-6-11/h7-11H,1-6H2. The second-order valence-corrected chi connectivity index (χ2v) is 4.45. The molecule has 0 unspecified atom stereocenters. The second-order valence-electron chi connectivity index (χ2n) is 4.45. The minimum Gasteiger partial charge on any atom is -0.312 e. The fourth-order valence-corrected chi connectivity index (χ4v) is 2.38. The van der Waals surface area contributed by atoms with Gasteiger partial charge in [0.05, 0.1) is 0 Å². The topological polar surface area (TPSA) is 20.3 Å². The maximum atomic E-state index is 12.8. The van der Waals surface area contributed by atoms with Crippen molar-refractivity contribution in [2.45, 2.75) is 25.7 Å². The number of rotatable bonds is 3. The van der Waals surface area contributed by atoms with E-state index in [1.807, 2.05) is 0 Å². The zero-order chi connectivity index (χ0) is 12.3. The average molecular weight is 234 g/mol. The molecule has 0 spiro atoms. The summed E-state index contributed by atoms with van der Waals surface area (Å²) >= 11 is 0. The van der Waals surface area contributed by atoms with Gasteiger partial charge in [0.25, 0.3) is 0 Å². The molecule has 17 heavy (non-hydrogen) atoms. The number of halogens is 1. The lowest BCUT2D eigenvalue weighted by molar-refractivity contribution is -0.122. The first-order valence-corrected chi connectivity index (χ1v) is 6.08. The van der Waals surface area contributed by atoms with E-state index in [-0.39, 0.29) is 17.6 Å². The van der Waals surface area contributed by atoms with Crippen molar-refractivity contribution in [3.63, 3.8) is 0 Å². The number of carbonyl (C=O) groups is 1. The fourth-order valence-electron chi connectivity index (χ4n) is 2.38. The minimum atomic E-state index is -0.286. The molecule has 2 nitrogen and oxygen atoms in total. The molecule has 3 heteroatoms. The first-order valence-electron chi connectivity index (χ1n) is 6.08. The highest BCUT2D eigenvalue weighted by Crippen LogP contribution is 2.28. The molecule has 0 aliphatic heterocycles. The van der Waals surface area contributed by atoms with Crippen LogP contribution in [0.1, 0.15) is 25.7 Å². The molecule has 1 aromatic rings. The summed E-state index contributed by atoms with van der Waals surface area (Å²) in [5.74, 6) is -0.0306. The predicted octanol–water partition coefficient (Wildman–Crippen LogP) is 3.18. The van der Waals surface area contributed by atoms with Crippen molar-refractivity contribution in [2.24, 2.45) is 5.92 Å². The van der Waals surface area contributed by atoms with Gasteiger partial charge in [-0.05, 0) is 44.0 Å². The van der Waals surface area contributed by atoms with Gasteiger partial charge in [0.2, 0.25) is 5.91 Å². The molecule has 1 radical (unpaired) electrons. The van der Waals surface area contributed by atoms with E-state index in [4.69, 9.17) is 0 Å². The number of hydrogen-bond acceptors (Lipinski definition) is 1. The number of carbonyl (C=O) groups excluding carboxylic acids is 1. The fraction of sp³-hybridized carbons (Fsp3) is 0.429. The third-order valence-electron chi connectivity index (χ3n) is 3.33. The Hall–Kier alpha value is -1.38. The summed E-state index contributed by atoms with van der Waals surface area (Å²) in [4.78, 5) is 13.9. The molecule has 0 N–H and O–H groups in total.